The van der Waals surface area contributed by atoms with E-state index in [-0.39, 0.29) is 27.3 Å². The quantitative estimate of drug-likeness (QED) is 0.140. The SMILES string of the molecule is C=C1/C(=C/C=C2\CCC[C@]3(C)[C@@H]([C@H](C)/C=C/C[C@@](C)(O)CO[Si](C)(C)C(C)(C)C(C)C)CC[C@@H]23)C[C@@H](O[Si](C)(C)C(C)(C)C)C[C@@H]1O[Si](C)(C)C(C)(C)C. The van der Waals surface area contributed by atoms with Gasteiger partial charge in [-0.1, -0.05) is 120 Å². The molecule has 3 aliphatic rings. The average molecular weight is 801 g/mol. The lowest BCUT2D eigenvalue weighted by molar-refractivity contribution is 0.00818. The Balaban J connectivity index is 1.79. The van der Waals surface area contributed by atoms with Crippen molar-refractivity contribution >= 4 is 25.0 Å². The van der Waals surface area contributed by atoms with E-state index in [0.29, 0.717) is 42.1 Å². The maximum atomic E-state index is 11.3. The first-order valence-electron chi connectivity index (χ1n) is 21.8. The van der Waals surface area contributed by atoms with Gasteiger partial charge in [-0.3, -0.25) is 0 Å². The standard InChI is InChI=1S/C47H88O4Si3/c1-34(2)45(11,12)54(19,20)49-33-46(13,48)29-21-23-35(3)40-27-28-41-37(24-22-30-47(40,41)14)25-26-38-31-39(50-52(15,16)43(5,6)7)32-42(36(38)4)51-53(17,18)44(8,9)10/h21,23,25-26,34-35,39-42,48H,4,22,24,27-33H2,1-3,5-20H3/b23-21+,37-25+,38-26+/t35-,39-,40-,41+,42+,46-,47-/m1/s1. The topological polar surface area (TPSA) is 47.9 Å². The van der Waals surface area contributed by atoms with Crippen LogP contribution in [0.25, 0.3) is 0 Å². The molecule has 0 aliphatic heterocycles. The minimum atomic E-state index is -2.00. The van der Waals surface area contributed by atoms with Crippen molar-refractivity contribution in [1.29, 1.82) is 0 Å². The fraction of sp³-hybridized carbons (Fsp3) is 0.830. The summed E-state index contributed by atoms with van der Waals surface area (Å²) in [5, 5.41) is 11.8. The van der Waals surface area contributed by atoms with Crippen LogP contribution in [0.1, 0.15) is 141 Å². The Bertz CT molecular complexity index is 1390. The van der Waals surface area contributed by atoms with Gasteiger partial charge in [0, 0.05) is 6.42 Å². The van der Waals surface area contributed by atoms with E-state index in [1.165, 1.54) is 43.3 Å². The molecule has 0 amide bonds. The molecule has 54 heavy (non-hydrogen) atoms. The second kappa shape index (κ2) is 17.0. The summed E-state index contributed by atoms with van der Waals surface area (Å²) in [5.74, 6) is 2.27. The summed E-state index contributed by atoms with van der Waals surface area (Å²) in [6.45, 7) is 49.4. The summed E-state index contributed by atoms with van der Waals surface area (Å²) >= 11 is 0. The molecule has 3 fully saturated rings. The van der Waals surface area contributed by atoms with Gasteiger partial charge < -0.3 is 18.4 Å². The van der Waals surface area contributed by atoms with Crippen molar-refractivity contribution in [1.82, 2.24) is 0 Å². The van der Waals surface area contributed by atoms with Crippen molar-refractivity contribution < 1.29 is 18.4 Å². The summed E-state index contributed by atoms with van der Waals surface area (Å²) in [6.07, 6.45) is 18.5. The van der Waals surface area contributed by atoms with Gasteiger partial charge in [0.25, 0.3) is 0 Å². The Morgan fingerprint density at radius 2 is 1.43 bits per heavy atom. The first-order chi connectivity index (χ1) is 24.3. The van der Waals surface area contributed by atoms with Gasteiger partial charge in [0.2, 0.25) is 0 Å². The van der Waals surface area contributed by atoms with Crippen LogP contribution >= 0.6 is 0 Å². The molecule has 0 heterocycles. The van der Waals surface area contributed by atoms with E-state index in [1.807, 2.05) is 6.92 Å². The molecule has 1 N–H and O–H groups in total. The molecule has 0 aromatic heterocycles. The van der Waals surface area contributed by atoms with Gasteiger partial charge in [-0.25, -0.2) is 0 Å². The van der Waals surface area contributed by atoms with Crippen LogP contribution in [0.2, 0.25) is 54.4 Å². The highest BCUT2D eigenvalue weighted by Crippen LogP contribution is 2.59. The molecular weight excluding hydrogens is 713 g/mol. The van der Waals surface area contributed by atoms with Crippen LogP contribution in [0.3, 0.4) is 0 Å². The minimum Gasteiger partial charge on any atom is -0.414 e. The summed E-state index contributed by atoms with van der Waals surface area (Å²) in [5.41, 5.74) is 3.56. The molecule has 3 saturated carbocycles. The molecule has 0 bridgehead atoms. The van der Waals surface area contributed by atoms with Crippen LogP contribution in [0, 0.1) is 29.1 Å². The number of rotatable bonds is 14. The van der Waals surface area contributed by atoms with Gasteiger partial charge in [-0.2, -0.15) is 0 Å². The van der Waals surface area contributed by atoms with Crippen LogP contribution in [-0.4, -0.2) is 54.5 Å². The van der Waals surface area contributed by atoms with E-state index in [1.54, 1.807) is 5.57 Å². The molecule has 0 aromatic carbocycles. The van der Waals surface area contributed by atoms with Crippen molar-refractivity contribution in [2.75, 3.05) is 6.61 Å². The molecule has 0 radical (unpaired) electrons. The van der Waals surface area contributed by atoms with Gasteiger partial charge >= 0.3 is 0 Å². The zero-order chi connectivity index (χ0) is 41.5. The third kappa shape index (κ3) is 10.9. The van der Waals surface area contributed by atoms with E-state index >= 15 is 0 Å². The van der Waals surface area contributed by atoms with Crippen LogP contribution in [0.5, 0.6) is 0 Å². The molecule has 312 valence electrons. The van der Waals surface area contributed by atoms with E-state index in [0.717, 1.165) is 12.8 Å². The third-order valence-corrected chi connectivity index (χ3v) is 29.7. The van der Waals surface area contributed by atoms with Gasteiger partial charge in [0.05, 0.1) is 24.4 Å². The highest BCUT2D eigenvalue weighted by molar-refractivity contribution is 6.75. The average Bonchev–Trinajstić information content (AvgIpc) is 3.37. The van der Waals surface area contributed by atoms with Gasteiger partial charge in [-0.05, 0) is 146 Å². The molecule has 7 heteroatoms. The lowest BCUT2D eigenvalue weighted by atomic mass is 9.61. The zero-order valence-corrected chi connectivity index (χ0v) is 42.0. The van der Waals surface area contributed by atoms with E-state index in [9.17, 15) is 5.11 Å². The van der Waals surface area contributed by atoms with Crippen LogP contribution < -0.4 is 0 Å². The summed E-state index contributed by atoms with van der Waals surface area (Å²) in [4.78, 5) is 0. The van der Waals surface area contributed by atoms with Crippen LogP contribution in [0.15, 0.2) is 47.6 Å². The van der Waals surface area contributed by atoms with Crippen LogP contribution in [0.4, 0.5) is 0 Å². The predicted octanol–water partition coefficient (Wildman–Crippen LogP) is 14.2. The number of hydrogen-bond donors (Lipinski definition) is 1. The lowest BCUT2D eigenvalue weighted by Gasteiger charge is -2.45. The van der Waals surface area contributed by atoms with Gasteiger partial charge in [0.15, 0.2) is 25.0 Å². The Labute approximate surface area is 338 Å². The molecule has 0 saturated heterocycles. The maximum Gasteiger partial charge on any atom is 0.192 e. The van der Waals surface area contributed by atoms with Crippen LogP contribution in [-0.2, 0) is 13.3 Å². The molecule has 3 rings (SSSR count). The largest absolute Gasteiger partial charge is 0.414 e. The molecule has 0 aromatic rings. The van der Waals surface area contributed by atoms with E-state index < -0.39 is 30.6 Å². The second-order valence-electron chi connectivity index (χ2n) is 23.0. The zero-order valence-electron chi connectivity index (χ0n) is 39.0. The molecule has 0 spiro atoms. The maximum absolute atomic E-state index is 11.3. The normalized spacial score (nSPS) is 30.1. The molecule has 3 aliphatic carbocycles. The molecule has 7 atom stereocenters. The Kier molecular flexibility index (Phi) is 15.0. The second-order valence-corrected chi connectivity index (χ2v) is 37.1. The fourth-order valence-electron chi connectivity index (χ4n) is 8.86. The predicted molar refractivity (Wildman–Crippen MR) is 243 cm³/mol. The molecule has 4 nitrogen and oxygen atoms in total. The fourth-order valence-corrected chi connectivity index (χ4v) is 14.0. The summed E-state index contributed by atoms with van der Waals surface area (Å²) in [6, 6.07) is 0. The Morgan fingerprint density at radius 1 is 0.852 bits per heavy atom. The number of aliphatic hydroxyl groups is 1. The summed E-state index contributed by atoms with van der Waals surface area (Å²) < 4.78 is 20.8. The van der Waals surface area contributed by atoms with Crippen molar-refractivity contribution in [2.24, 2.45) is 29.1 Å². The molecular formula is C47H88O4Si3. The highest BCUT2D eigenvalue weighted by Gasteiger charge is 2.51. The van der Waals surface area contributed by atoms with E-state index in [4.69, 9.17) is 19.9 Å². The third-order valence-electron chi connectivity index (χ3n) is 16.1. The van der Waals surface area contributed by atoms with Gasteiger partial charge in [0.1, 0.15) is 0 Å². The minimum absolute atomic E-state index is 0.00645. The van der Waals surface area contributed by atoms with Gasteiger partial charge in [-0.15, -0.1) is 0 Å². The van der Waals surface area contributed by atoms with E-state index in [2.05, 4.69) is 147 Å². The molecule has 0 unspecified atom stereocenters. The first-order valence-corrected chi connectivity index (χ1v) is 30.5. The lowest BCUT2D eigenvalue weighted by Crippen LogP contribution is -2.49. The smallest absolute Gasteiger partial charge is 0.192 e. The van der Waals surface area contributed by atoms with Crippen molar-refractivity contribution in [3.8, 4) is 0 Å². The van der Waals surface area contributed by atoms with Crippen molar-refractivity contribution in [3.05, 3.63) is 47.6 Å². The van der Waals surface area contributed by atoms with Crippen molar-refractivity contribution in [3.63, 3.8) is 0 Å². The first kappa shape index (κ1) is 47.8. The highest BCUT2D eigenvalue weighted by atomic mass is 28.4. The number of hydrogen-bond acceptors (Lipinski definition) is 4. The Hall–Kier alpha value is -0.549. The monoisotopic (exact) mass is 801 g/mol. The number of allylic oxidation sites excluding steroid dienone is 4. The Morgan fingerprint density at radius 3 is 1.98 bits per heavy atom. The summed E-state index contributed by atoms with van der Waals surface area (Å²) in [7, 11) is -5.95. The number of fused-ring (bicyclic) bond motifs is 1. The van der Waals surface area contributed by atoms with Crippen molar-refractivity contribution in [2.45, 2.75) is 214 Å².